The number of nitro groups is 1. The van der Waals surface area contributed by atoms with Gasteiger partial charge >= 0.3 is 5.82 Å². The van der Waals surface area contributed by atoms with Gasteiger partial charge in [0.25, 0.3) is 5.91 Å². The van der Waals surface area contributed by atoms with E-state index < -0.39 is 10.8 Å². The molecule has 1 heterocycles. The Morgan fingerprint density at radius 3 is 2.43 bits per heavy atom. The molecule has 23 heavy (non-hydrogen) atoms. The summed E-state index contributed by atoms with van der Waals surface area (Å²) >= 11 is 3.01. The average Bonchev–Trinajstić information content (AvgIpc) is 2.92. The molecule has 1 aromatic carbocycles. The lowest BCUT2D eigenvalue weighted by molar-refractivity contribution is -0.390. The van der Waals surface area contributed by atoms with E-state index in [1.807, 2.05) is 12.1 Å². The summed E-state index contributed by atoms with van der Waals surface area (Å²) in [5.74, 6) is -0.885. The molecule has 0 radical (unpaired) electrons. The summed E-state index contributed by atoms with van der Waals surface area (Å²) in [5, 5.41) is 19.3. The summed E-state index contributed by atoms with van der Waals surface area (Å²) in [5.41, 5.74) is 1.58. The molecule has 122 valence electrons. The second-order valence-corrected chi connectivity index (χ2v) is 5.46. The van der Waals surface area contributed by atoms with Gasteiger partial charge in [-0.2, -0.15) is 0 Å². The standard InChI is InChI=1S/C14H16BrN5O3/c1-3-19(4-2)10-7-5-9(6-8-10)16-14(21)12-11(15)13(18-17-12)20(22)23/h5-8H,3-4H2,1-2H3,(H,16,21)(H,17,18). The first kappa shape index (κ1) is 16.9. The van der Waals surface area contributed by atoms with E-state index in [1.54, 1.807) is 12.1 Å². The van der Waals surface area contributed by atoms with Gasteiger partial charge in [0.1, 0.15) is 4.47 Å². The zero-order valence-electron chi connectivity index (χ0n) is 12.7. The van der Waals surface area contributed by atoms with Gasteiger partial charge in [0.15, 0.2) is 5.69 Å². The maximum atomic E-state index is 12.1. The smallest absolute Gasteiger partial charge is 0.357 e. The number of hydrogen-bond acceptors (Lipinski definition) is 5. The molecule has 2 aromatic rings. The molecule has 2 rings (SSSR count). The Hall–Kier alpha value is -2.42. The maximum absolute atomic E-state index is 12.1. The van der Waals surface area contributed by atoms with Crippen molar-refractivity contribution in [3.8, 4) is 0 Å². The van der Waals surface area contributed by atoms with E-state index in [0.717, 1.165) is 18.8 Å². The van der Waals surface area contributed by atoms with Gasteiger partial charge in [0, 0.05) is 24.5 Å². The third kappa shape index (κ3) is 3.67. The second-order valence-electron chi connectivity index (χ2n) is 4.67. The van der Waals surface area contributed by atoms with E-state index in [2.05, 4.69) is 50.2 Å². The third-order valence-electron chi connectivity index (χ3n) is 3.34. The zero-order chi connectivity index (χ0) is 17.0. The molecule has 0 aliphatic rings. The molecular formula is C14H16BrN5O3. The van der Waals surface area contributed by atoms with Crippen LogP contribution in [-0.4, -0.2) is 34.1 Å². The Morgan fingerprint density at radius 1 is 1.35 bits per heavy atom. The fourth-order valence-corrected chi connectivity index (χ4v) is 2.63. The Morgan fingerprint density at radius 2 is 1.96 bits per heavy atom. The lowest BCUT2D eigenvalue weighted by Crippen LogP contribution is -2.21. The molecule has 9 heteroatoms. The largest absolute Gasteiger partial charge is 0.372 e. The van der Waals surface area contributed by atoms with Crippen molar-refractivity contribution in [3.63, 3.8) is 0 Å². The highest BCUT2D eigenvalue weighted by atomic mass is 79.9. The molecule has 1 aromatic heterocycles. The number of rotatable bonds is 6. The van der Waals surface area contributed by atoms with Gasteiger partial charge in [-0.1, -0.05) is 5.10 Å². The van der Waals surface area contributed by atoms with Gasteiger partial charge in [-0.25, -0.2) is 0 Å². The van der Waals surface area contributed by atoms with Crippen molar-refractivity contribution in [2.75, 3.05) is 23.3 Å². The molecule has 0 unspecified atom stereocenters. The van der Waals surface area contributed by atoms with E-state index in [9.17, 15) is 14.9 Å². The first-order valence-corrected chi connectivity index (χ1v) is 7.81. The summed E-state index contributed by atoms with van der Waals surface area (Å²) in [6.07, 6.45) is 0. The third-order valence-corrected chi connectivity index (χ3v) is 4.09. The number of nitrogens with zero attached hydrogens (tertiary/aromatic N) is 3. The number of carbonyl (C=O) groups is 1. The number of anilines is 2. The van der Waals surface area contributed by atoms with Gasteiger partial charge in [-0.3, -0.25) is 4.79 Å². The number of halogens is 1. The van der Waals surface area contributed by atoms with E-state index in [-0.39, 0.29) is 16.0 Å². The van der Waals surface area contributed by atoms with Crippen LogP contribution in [0.1, 0.15) is 24.3 Å². The van der Waals surface area contributed by atoms with Crippen molar-refractivity contribution in [1.82, 2.24) is 10.2 Å². The topological polar surface area (TPSA) is 104 Å². The molecule has 0 saturated carbocycles. The van der Waals surface area contributed by atoms with Crippen LogP contribution in [-0.2, 0) is 0 Å². The molecule has 0 saturated heterocycles. The predicted octanol–water partition coefficient (Wildman–Crippen LogP) is 3.18. The molecule has 0 fully saturated rings. The Bertz CT molecular complexity index is 710. The predicted molar refractivity (Wildman–Crippen MR) is 90.9 cm³/mol. The van der Waals surface area contributed by atoms with Crippen LogP contribution in [0.4, 0.5) is 17.2 Å². The van der Waals surface area contributed by atoms with Crippen LogP contribution in [0.2, 0.25) is 0 Å². The molecule has 0 spiro atoms. The van der Waals surface area contributed by atoms with Crippen LogP contribution in [0, 0.1) is 10.1 Å². The molecular weight excluding hydrogens is 366 g/mol. The Kier molecular flexibility index (Phi) is 5.32. The molecule has 1 amide bonds. The number of aromatic amines is 1. The molecule has 0 aliphatic heterocycles. The van der Waals surface area contributed by atoms with Crippen LogP contribution in [0.25, 0.3) is 0 Å². The van der Waals surface area contributed by atoms with E-state index in [4.69, 9.17) is 0 Å². The molecule has 0 aliphatic carbocycles. The summed E-state index contributed by atoms with van der Waals surface area (Å²) in [4.78, 5) is 24.4. The highest BCUT2D eigenvalue weighted by Gasteiger charge is 2.24. The summed E-state index contributed by atoms with van der Waals surface area (Å²) in [6.45, 7) is 5.93. The lowest BCUT2D eigenvalue weighted by Gasteiger charge is -2.21. The monoisotopic (exact) mass is 381 g/mol. The van der Waals surface area contributed by atoms with Gasteiger partial charge < -0.3 is 20.3 Å². The first-order valence-electron chi connectivity index (χ1n) is 7.02. The zero-order valence-corrected chi connectivity index (χ0v) is 14.3. The fraction of sp³-hybridized carbons (Fsp3) is 0.286. The fourth-order valence-electron chi connectivity index (χ4n) is 2.13. The Balaban J connectivity index is 2.13. The van der Waals surface area contributed by atoms with Crippen molar-refractivity contribution in [2.45, 2.75) is 13.8 Å². The second kappa shape index (κ2) is 7.23. The number of benzene rings is 1. The number of aromatic nitrogens is 2. The number of hydrogen-bond donors (Lipinski definition) is 2. The van der Waals surface area contributed by atoms with E-state index in [1.165, 1.54) is 0 Å². The van der Waals surface area contributed by atoms with E-state index >= 15 is 0 Å². The molecule has 0 bridgehead atoms. The van der Waals surface area contributed by atoms with Crippen molar-refractivity contribution >= 4 is 39.0 Å². The lowest BCUT2D eigenvalue weighted by atomic mass is 10.2. The van der Waals surface area contributed by atoms with Crippen molar-refractivity contribution in [2.24, 2.45) is 0 Å². The van der Waals surface area contributed by atoms with Crippen LogP contribution in [0.3, 0.4) is 0 Å². The van der Waals surface area contributed by atoms with Gasteiger partial charge in [-0.05, 0) is 59.0 Å². The number of carbonyl (C=O) groups excluding carboxylic acids is 1. The minimum absolute atomic E-state index is 0.0276. The average molecular weight is 382 g/mol. The van der Waals surface area contributed by atoms with Crippen LogP contribution < -0.4 is 10.2 Å². The van der Waals surface area contributed by atoms with Gasteiger partial charge in [-0.15, -0.1) is 5.10 Å². The maximum Gasteiger partial charge on any atom is 0.357 e. The summed E-state index contributed by atoms with van der Waals surface area (Å²) in [7, 11) is 0. The summed E-state index contributed by atoms with van der Waals surface area (Å²) < 4.78 is 0.0276. The van der Waals surface area contributed by atoms with Gasteiger partial charge in [0.2, 0.25) is 0 Å². The quantitative estimate of drug-likeness (QED) is 0.590. The van der Waals surface area contributed by atoms with Crippen molar-refractivity contribution in [3.05, 3.63) is 44.5 Å². The molecule has 0 atom stereocenters. The van der Waals surface area contributed by atoms with Gasteiger partial charge in [0.05, 0.1) is 0 Å². The number of H-pyrrole nitrogens is 1. The van der Waals surface area contributed by atoms with Crippen LogP contribution >= 0.6 is 15.9 Å². The van der Waals surface area contributed by atoms with Crippen molar-refractivity contribution < 1.29 is 9.72 Å². The summed E-state index contributed by atoms with van der Waals surface area (Å²) in [6, 6.07) is 7.37. The normalized spacial score (nSPS) is 10.4. The minimum atomic E-state index is -0.646. The van der Waals surface area contributed by atoms with E-state index in [0.29, 0.717) is 5.69 Å². The Labute approximate surface area is 141 Å². The molecule has 2 N–H and O–H groups in total. The highest BCUT2D eigenvalue weighted by molar-refractivity contribution is 9.10. The molecule has 8 nitrogen and oxygen atoms in total. The first-order chi connectivity index (χ1) is 11.0. The highest BCUT2D eigenvalue weighted by Crippen LogP contribution is 2.26. The van der Waals surface area contributed by atoms with Crippen molar-refractivity contribution in [1.29, 1.82) is 0 Å². The van der Waals surface area contributed by atoms with Crippen LogP contribution in [0.15, 0.2) is 28.7 Å². The van der Waals surface area contributed by atoms with Crippen LogP contribution in [0.5, 0.6) is 0 Å². The number of amides is 1. The number of nitrogens with one attached hydrogen (secondary N) is 2. The SMILES string of the molecule is CCN(CC)c1ccc(NC(=O)c2n[nH]c([N+](=O)[O-])c2Br)cc1. The minimum Gasteiger partial charge on any atom is -0.372 e.